The molecule has 0 heterocycles. The van der Waals surface area contributed by atoms with Gasteiger partial charge in [-0.3, -0.25) is 0 Å². The summed E-state index contributed by atoms with van der Waals surface area (Å²) >= 11 is 0. The number of hydrogen-bond acceptors (Lipinski definition) is 0. The van der Waals surface area contributed by atoms with Gasteiger partial charge in [-0.15, -0.1) is 0 Å². The van der Waals surface area contributed by atoms with E-state index in [0.717, 1.165) is 0 Å². The summed E-state index contributed by atoms with van der Waals surface area (Å²) in [5.74, 6) is 0.778. The van der Waals surface area contributed by atoms with Gasteiger partial charge < -0.3 is 0 Å². The molecule has 0 fully saturated rings. The highest BCUT2D eigenvalue weighted by molar-refractivity contribution is 5.99. The fourth-order valence-electron chi connectivity index (χ4n) is 9.77. The molecule has 0 aliphatic heterocycles. The van der Waals surface area contributed by atoms with E-state index in [1.807, 2.05) is 0 Å². The molecule has 0 aromatic heterocycles. The minimum Gasteiger partial charge on any atom is -0.0715 e. The van der Waals surface area contributed by atoms with Crippen LogP contribution in [-0.2, 0) is 10.8 Å². The van der Waals surface area contributed by atoms with Gasteiger partial charge in [-0.25, -0.2) is 0 Å². The van der Waals surface area contributed by atoms with Gasteiger partial charge in [-0.05, 0) is 90.2 Å². The molecule has 0 N–H and O–H groups in total. The summed E-state index contributed by atoms with van der Waals surface area (Å²) in [5.41, 5.74) is 17.8. The number of fused-ring (bicyclic) bond motifs is 4. The van der Waals surface area contributed by atoms with E-state index in [9.17, 15) is 0 Å². The van der Waals surface area contributed by atoms with E-state index in [0.29, 0.717) is 5.92 Å². The zero-order valence-electron chi connectivity index (χ0n) is 30.7. The van der Waals surface area contributed by atoms with E-state index in [4.69, 9.17) is 0 Å². The van der Waals surface area contributed by atoms with Crippen molar-refractivity contribution in [1.29, 1.82) is 0 Å². The molecule has 0 nitrogen and oxygen atoms in total. The summed E-state index contributed by atoms with van der Waals surface area (Å²) in [5, 5.41) is 2.59. The maximum Gasteiger partial charge on any atom is 0.0354 e. The van der Waals surface area contributed by atoms with Crippen molar-refractivity contribution >= 4 is 29.0 Å². The second kappa shape index (κ2) is 11.7. The molecular weight excluding hydrogens is 613 g/mol. The highest BCUT2D eigenvalue weighted by Crippen LogP contribution is 2.64. The normalized spacial score (nSPS) is 20.4. The molecule has 9 rings (SSSR count). The summed E-state index contributed by atoms with van der Waals surface area (Å²) < 4.78 is 0. The van der Waals surface area contributed by atoms with Crippen LogP contribution in [0, 0.1) is 5.92 Å². The molecule has 250 valence electrons. The molecule has 0 saturated carbocycles. The van der Waals surface area contributed by atoms with Gasteiger partial charge in [0.2, 0.25) is 0 Å². The molecule has 0 heteroatoms. The van der Waals surface area contributed by atoms with Crippen LogP contribution in [0.15, 0.2) is 145 Å². The van der Waals surface area contributed by atoms with Gasteiger partial charge in [0.15, 0.2) is 0 Å². The van der Waals surface area contributed by atoms with Crippen LogP contribution in [0.5, 0.6) is 0 Å². The van der Waals surface area contributed by atoms with Crippen molar-refractivity contribution < 1.29 is 0 Å². The number of benzene rings is 6. The molecule has 6 aromatic rings. The lowest BCUT2D eigenvalue weighted by molar-refractivity contribution is 0.405. The van der Waals surface area contributed by atoms with E-state index in [-0.39, 0.29) is 22.7 Å². The van der Waals surface area contributed by atoms with Crippen molar-refractivity contribution in [2.75, 3.05) is 0 Å². The number of hydrogen-bond donors (Lipinski definition) is 0. The predicted octanol–water partition coefficient (Wildman–Crippen LogP) is 13.8. The Morgan fingerprint density at radius 3 is 1.98 bits per heavy atom. The Labute approximate surface area is 303 Å². The van der Waals surface area contributed by atoms with Crippen LogP contribution in [0.25, 0.3) is 51.3 Å². The first-order chi connectivity index (χ1) is 24.7. The number of rotatable bonds is 5. The molecule has 3 atom stereocenters. The average molecular weight is 659 g/mol. The molecule has 0 saturated heterocycles. The Morgan fingerprint density at radius 1 is 0.588 bits per heavy atom. The Morgan fingerprint density at radius 2 is 1.22 bits per heavy atom. The summed E-state index contributed by atoms with van der Waals surface area (Å²) in [7, 11) is 0. The van der Waals surface area contributed by atoms with Crippen LogP contribution in [0.3, 0.4) is 0 Å². The van der Waals surface area contributed by atoms with Gasteiger partial charge in [0.25, 0.3) is 0 Å². The van der Waals surface area contributed by atoms with Gasteiger partial charge in [0, 0.05) is 17.3 Å². The highest BCUT2D eigenvalue weighted by Gasteiger charge is 2.54. The molecule has 3 aliphatic rings. The molecule has 0 radical (unpaired) electrons. The van der Waals surface area contributed by atoms with Crippen LogP contribution >= 0.6 is 0 Å². The van der Waals surface area contributed by atoms with E-state index >= 15 is 0 Å². The lowest BCUT2D eigenvalue weighted by Crippen LogP contribution is -2.38. The highest BCUT2D eigenvalue weighted by atomic mass is 14.6. The van der Waals surface area contributed by atoms with E-state index in [1.54, 1.807) is 0 Å². The third kappa shape index (κ3) is 4.80. The molecule has 51 heavy (non-hydrogen) atoms. The molecule has 0 spiro atoms. The summed E-state index contributed by atoms with van der Waals surface area (Å²) in [4.78, 5) is 0. The zero-order valence-corrected chi connectivity index (χ0v) is 30.7. The second-order valence-electron chi connectivity index (χ2n) is 16.4. The molecular formula is C51H46. The monoisotopic (exact) mass is 658 g/mol. The van der Waals surface area contributed by atoms with Gasteiger partial charge in [-0.1, -0.05) is 197 Å². The molecule has 6 aromatic carbocycles. The predicted molar refractivity (Wildman–Crippen MR) is 219 cm³/mol. The quantitative estimate of drug-likeness (QED) is 0.173. The summed E-state index contributed by atoms with van der Waals surface area (Å²) in [6, 6.07) is 48.2. The van der Waals surface area contributed by atoms with Crippen molar-refractivity contribution in [2.24, 2.45) is 5.92 Å². The van der Waals surface area contributed by atoms with Crippen molar-refractivity contribution in [1.82, 2.24) is 0 Å². The van der Waals surface area contributed by atoms with E-state index in [1.165, 1.54) is 83.1 Å². The maximum absolute atomic E-state index is 2.60. The van der Waals surface area contributed by atoms with E-state index < -0.39 is 0 Å². The molecule has 0 amide bonds. The lowest BCUT2D eigenvalue weighted by atomic mass is 9.57. The van der Waals surface area contributed by atoms with Crippen LogP contribution in [0.4, 0.5) is 0 Å². The Bertz CT molecular complexity index is 2430. The van der Waals surface area contributed by atoms with Gasteiger partial charge in [-0.2, -0.15) is 0 Å². The van der Waals surface area contributed by atoms with Crippen LogP contribution in [0.1, 0.15) is 92.3 Å². The summed E-state index contributed by atoms with van der Waals surface area (Å²) in [6.07, 6.45) is 10.1. The smallest absolute Gasteiger partial charge is 0.0354 e. The Balaban J connectivity index is 1.27. The topological polar surface area (TPSA) is 0 Å². The third-order valence-electron chi connectivity index (χ3n) is 12.1. The van der Waals surface area contributed by atoms with Gasteiger partial charge >= 0.3 is 0 Å². The Kier molecular flexibility index (Phi) is 7.27. The third-order valence-corrected chi connectivity index (χ3v) is 12.1. The first kappa shape index (κ1) is 31.8. The standard InChI is InChI=1S/C51H46/c1-32(2)44-31-46-39(35-24-26-37(27-25-35)50(4,5)6)18-12-22-43(46)49(44)51(29-28-36-15-8-10-23-47(36)51)48-33(3)30-45-41(20-13-21-42(45)48)40-19-11-16-34-14-7-9-17-38(34)40/h7-32,48-49H,1-6H3. The zero-order chi connectivity index (χ0) is 35.1. The average Bonchev–Trinajstić information content (AvgIpc) is 3.82. The van der Waals surface area contributed by atoms with E-state index in [2.05, 4.69) is 193 Å². The molecule has 0 bridgehead atoms. The largest absolute Gasteiger partial charge is 0.0715 e. The summed E-state index contributed by atoms with van der Waals surface area (Å²) in [6.45, 7) is 14.0. The molecule has 3 unspecified atom stereocenters. The van der Waals surface area contributed by atoms with Gasteiger partial charge in [0.05, 0.1) is 0 Å². The Hall–Kier alpha value is -5.20. The fourth-order valence-corrected chi connectivity index (χ4v) is 9.77. The van der Waals surface area contributed by atoms with Crippen LogP contribution in [0.2, 0.25) is 0 Å². The maximum atomic E-state index is 2.60. The van der Waals surface area contributed by atoms with Crippen molar-refractivity contribution in [3.8, 4) is 22.3 Å². The van der Waals surface area contributed by atoms with Crippen LogP contribution < -0.4 is 0 Å². The van der Waals surface area contributed by atoms with Gasteiger partial charge in [0.1, 0.15) is 0 Å². The first-order valence-electron chi connectivity index (χ1n) is 18.7. The number of allylic oxidation sites excluding steroid dienone is 3. The second-order valence-corrected chi connectivity index (χ2v) is 16.4. The van der Waals surface area contributed by atoms with Crippen LogP contribution in [-0.4, -0.2) is 0 Å². The fraction of sp³-hybridized carbons (Fsp3) is 0.216. The molecule has 3 aliphatic carbocycles. The van der Waals surface area contributed by atoms with Crippen molar-refractivity contribution in [3.05, 3.63) is 184 Å². The minimum absolute atomic E-state index is 0.123. The van der Waals surface area contributed by atoms with Crippen molar-refractivity contribution in [2.45, 2.75) is 64.2 Å². The lowest BCUT2D eigenvalue weighted by Gasteiger charge is -2.45. The first-order valence-corrected chi connectivity index (χ1v) is 18.7. The van der Waals surface area contributed by atoms with Crippen molar-refractivity contribution in [3.63, 3.8) is 0 Å². The SMILES string of the molecule is CC1=Cc2c(-c3cccc4ccccc34)cccc2C1C1(C2C(C(C)C)=Cc3c(-c4ccc(C(C)(C)C)cc4)cccc32)C=Cc2ccccc21. The minimum atomic E-state index is -0.282.